The summed E-state index contributed by atoms with van der Waals surface area (Å²) in [4.78, 5) is 0.378. The zero-order chi connectivity index (χ0) is 23.4. The first-order valence-corrected chi connectivity index (χ1v) is 14.0. The molecule has 3 aromatic rings. The van der Waals surface area contributed by atoms with Crippen LogP contribution in [0, 0.1) is 11.8 Å². The third-order valence-corrected chi connectivity index (χ3v) is 8.96. The Bertz CT molecular complexity index is 1270. The highest BCUT2D eigenvalue weighted by Crippen LogP contribution is 2.29. The van der Waals surface area contributed by atoms with Gasteiger partial charge in [-0.1, -0.05) is 72.3 Å². The number of sulfonamides is 1. The summed E-state index contributed by atoms with van der Waals surface area (Å²) in [5.74, 6) is 1.10. The summed E-state index contributed by atoms with van der Waals surface area (Å²) >= 11 is 0. The van der Waals surface area contributed by atoms with E-state index in [2.05, 4.69) is 40.4 Å². The van der Waals surface area contributed by atoms with Crippen LogP contribution >= 0.6 is 0 Å². The summed E-state index contributed by atoms with van der Waals surface area (Å²) in [5.41, 5.74) is 4.33. The molecular formula is C29H34N2O2S. The van der Waals surface area contributed by atoms with E-state index < -0.39 is 10.0 Å². The minimum Gasteiger partial charge on any atom is -0.313 e. The molecule has 0 amide bonds. The molecule has 5 rings (SSSR count). The lowest BCUT2D eigenvalue weighted by atomic mass is 9.82. The van der Waals surface area contributed by atoms with Crippen molar-refractivity contribution in [2.75, 3.05) is 19.6 Å². The lowest BCUT2D eigenvalue weighted by molar-refractivity contribution is 0.270. The normalized spacial score (nSPS) is 20.6. The van der Waals surface area contributed by atoms with E-state index >= 15 is 0 Å². The van der Waals surface area contributed by atoms with Crippen molar-refractivity contribution in [1.29, 1.82) is 0 Å². The predicted octanol–water partition coefficient (Wildman–Crippen LogP) is 5.54. The third kappa shape index (κ3) is 5.43. The summed E-state index contributed by atoms with van der Waals surface area (Å²) in [7, 11) is -3.52. The summed E-state index contributed by atoms with van der Waals surface area (Å²) in [6.45, 7) is 2.55. The van der Waals surface area contributed by atoms with E-state index in [1.807, 2.05) is 36.4 Å². The van der Waals surface area contributed by atoms with Gasteiger partial charge in [-0.3, -0.25) is 0 Å². The van der Waals surface area contributed by atoms with Gasteiger partial charge in [-0.2, -0.15) is 0 Å². The topological polar surface area (TPSA) is 58.2 Å². The first kappa shape index (κ1) is 23.3. The summed E-state index contributed by atoms with van der Waals surface area (Å²) < 4.78 is 28.9. The third-order valence-electron chi connectivity index (χ3n) is 7.48. The lowest BCUT2D eigenvalue weighted by Gasteiger charge is -2.29. The maximum absolute atomic E-state index is 13.0. The molecule has 178 valence electrons. The van der Waals surface area contributed by atoms with Gasteiger partial charge < -0.3 is 5.32 Å². The SMILES string of the molecule is O=S(=O)(NCC1CCC(CNCC2=Cc3ccccc3CC2)CC1)c1cccc2ccccc12. The molecule has 4 nitrogen and oxygen atoms in total. The minimum absolute atomic E-state index is 0.378. The fraction of sp³-hybridized carbons (Fsp3) is 0.379. The molecule has 0 aromatic heterocycles. The molecule has 1 saturated carbocycles. The maximum atomic E-state index is 13.0. The van der Waals surface area contributed by atoms with E-state index in [1.54, 1.807) is 6.07 Å². The van der Waals surface area contributed by atoms with Crippen LogP contribution in [0.2, 0.25) is 0 Å². The number of rotatable bonds is 8. The largest absolute Gasteiger partial charge is 0.313 e. The monoisotopic (exact) mass is 474 g/mol. The van der Waals surface area contributed by atoms with E-state index in [-0.39, 0.29) is 0 Å². The average Bonchev–Trinajstić information content (AvgIpc) is 2.88. The molecular weight excluding hydrogens is 440 g/mol. The van der Waals surface area contributed by atoms with Gasteiger partial charge in [0.2, 0.25) is 10.0 Å². The van der Waals surface area contributed by atoms with Crippen molar-refractivity contribution in [1.82, 2.24) is 10.0 Å². The van der Waals surface area contributed by atoms with Crippen LogP contribution in [0.1, 0.15) is 43.2 Å². The van der Waals surface area contributed by atoms with Crippen molar-refractivity contribution in [2.45, 2.75) is 43.4 Å². The van der Waals surface area contributed by atoms with Crippen LogP contribution in [-0.2, 0) is 16.4 Å². The standard InChI is InChI=1S/C29H34N2O2S/c32-34(33,29-11-5-9-26-7-3-4-10-28(26)29)31-21-23-14-12-22(13-15-23)19-30-20-24-16-17-25-6-1-2-8-27(25)18-24/h1-11,18,22-23,30-31H,12-17,19-21H2. The fourth-order valence-electron chi connectivity index (χ4n) is 5.44. The second-order valence-corrected chi connectivity index (χ2v) is 11.6. The van der Waals surface area contributed by atoms with Crippen LogP contribution in [0.3, 0.4) is 0 Å². The summed E-state index contributed by atoms with van der Waals surface area (Å²) in [6.07, 6.45) is 9.13. The first-order chi connectivity index (χ1) is 16.6. The quantitative estimate of drug-likeness (QED) is 0.450. The van der Waals surface area contributed by atoms with Crippen molar-refractivity contribution in [3.63, 3.8) is 0 Å². The molecule has 0 spiro atoms. The highest BCUT2D eigenvalue weighted by atomic mass is 32.2. The van der Waals surface area contributed by atoms with E-state index in [9.17, 15) is 8.42 Å². The molecule has 0 atom stereocenters. The molecule has 3 aromatic carbocycles. The number of aryl methyl sites for hydroxylation is 1. The van der Waals surface area contributed by atoms with Gasteiger partial charge in [-0.15, -0.1) is 0 Å². The van der Waals surface area contributed by atoms with Crippen molar-refractivity contribution in [3.05, 3.63) is 83.4 Å². The summed E-state index contributed by atoms with van der Waals surface area (Å²) in [6, 6.07) is 21.8. The predicted molar refractivity (Wildman–Crippen MR) is 140 cm³/mol. The molecule has 2 N–H and O–H groups in total. The van der Waals surface area contributed by atoms with E-state index in [0.717, 1.165) is 62.4 Å². The van der Waals surface area contributed by atoms with Gasteiger partial charge in [0.1, 0.15) is 0 Å². The van der Waals surface area contributed by atoms with Gasteiger partial charge in [0.15, 0.2) is 0 Å². The van der Waals surface area contributed by atoms with Gasteiger partial charge in [0.25, 0.3) is 0 Å². The minimum atomic E-state index is -3.52. The molecule has 0 bridgehead atoms. The molecule has 0 unspecified atom stereocenters. The van der Waals surface area contributed by atoms with E-state index in [4.69, 9.17) is 0 Å². The van der Waals surface area contributed by atoms with Gasteiger partial charge in [0, 0.05) is 18.5 Å². The molecule has 0 saturated heterocycles. The van der Waals surface area contributed by atoms with Crippen LogP contribution in [0.25, 0.3) is 16.8 Å². The Morgan fingerprint density at radius 2 is 1.47 bits per heavy atom. The Morgan fingerprint density at radius 1 is 0.765 bits per heavy atom. The van der Waals surface area contributed by atoms with Crippen LogP contribution < -0.4 is 10.0 Å². The van der Waals surface area contributed by atoms with Gasteiger partial charge in [0.05, 0.1) is 4.90 Å². The zero-order valence-electron chi connectivity index (χ0n) is 19.7. The lowest BCUT2D eigenvalue weighted by Crippen LogP contribution is -2.33. The Morgan fingerprint density at radius 3 is 2.32 bits per heavy atom. The summed E-state index contributed by atoms with van der Waals surface area (Å²) in [5, 5.41) is 5.42. The molecule has 2 aliphatic rings. The van der Waals surface area contributed by atoms with Crippen molar-refractivity contribution >= 4 is 26.9 Å². The van der Waals surface area contributed by atoms with Crippen LogP contribution in [0.5, 0.6) is 0 Å². The van der Waals surface area contributed by atoms with Crippen molar-refractivity contribution in [3.8, 4) is 0 Å². The van der Waals surface area contributed by atoms with Crippen molar-refractivity contribution in [2.24, 2.45) is 11.8 Å². The zero-order valence-corrected chi connectivity index (χ0v) is 20.5. The fourth-order valence-corrected chi connectivity index (χ4v) is 6.79. The highest BCUT2D eigenvalue weighted by Gasteiger charge is 2.24. The van der Waals surface area contributed by atoms with Gasteiger partial charge >= 0.3 is 0 Å². The molecule has 5 heteroatoms. The number of hydrogen-bond acceptors (Lipinski definition) is 3. The maximum Gasteiger partial charge on any atom is 0.241 e. The van der Waals surface area contributed by atoms with Crippen LogP contribution in [0.4, 0.5) is 0 Å². The number of fused-ring (bicyclic) bond motifs is 2. The molecule has 0 heterocycles. The first-order valence-electron chi connectivity index (χ1n) is 12.5. The molecule has 0 aliphatic heterocycles. The molecule has 2 aliphatic carbocycles. The van der Waals surface area contributed by atoms with Gasteiger partial charge in [-0.25, -0.2) is 13.1 Å². The van der Waals surface area contributed by atoms with E-state index in [0.29, 0.717) is 23.3 Å². The average molecular weight is 475 g/mol. The molecule has 0 radical (unpaired) electrons. The number of hydrogen-bond donors (Lipinski definition) is 2. The van der Waals surface area contributed by atoms with Crippen molar-refractivity contribution < 1.29 is 8.42 Å². The number of benzene rings is 3. The van der Waals surface area contributed by atoms with Crippen LogP contribution in [-0.4, -0.2) is 28.1 Å². The Hall–Kier alpha value is -2.47. The smallest absolute Gasteiger partial charge is 0.241 e. The Kier molecular flexibility index (Phi) is 7.14. The highest BCUT2D eigenvalue weighted by molar-refractivity contribution is 7.89. The Balaban J connectivity index is 1.07. The van der Waals surface area contributed by atoms with E-state index in [1.165, 1.54) is 16.7 Å². The molecule has 1 fully saturated rings. The second kappa shape index (κ2) is 10.4. The second-order valence-electron chi connectivity index (χ2n) is 9.85. The molecule has 34 heavy (non-hydrogen) atoms. The number of nitrogens with one attached hydrogen (secondary N) is 2. The van der Waals surface area contributed by atoms with Crippen LogP contribution in [0.15, 0.2) is 77.2 Å². The van der Waals surface area contributed by atoms with Gasteiger partial charge in [-0.05, 0) is 79.5 Å². The Labute approximate surface area is 203 Å².